The number of ether oxygens (including phenoxy) is 2. The minimum absolute atomic E-state index is 0.0932. The Morgan fingerprint density at radius 2 is 1.61 bits per heavy atom. The second kappa shape index (κ2) is 8.41. The van der Waals surface area contributed by atoms with Gasteiger partial charge in [-0.1, -0.05) is 0 Å². The first-order chi connectivity index (χ1) is 11.0. The molecule has 1 aliphatic rings. The minimum Gasteiger partial charge on any atom is -0.487 e. The summed E-state index contributed by atoms with van der Waals surface area (Å²) in [6, 6.07) is 3.96. The molecule has 0 aromatic heterocycles. The van der Waals surface area contributed by atoms with Crippen LogP contribution >= 0.6 is 0 Å². The molecule has 1 fully saturated rings. The van der Waals surface area contributed by atoms with Gasteiger partial charge in [-0.25, -0.2) is 0 Å². The van der Waals surface area contributed by atoms with Crippen molar-refractivity contribution in [3.63, 3.8) is 0 Å². The Hall–Kier alpha value is -1.46. The fraction of sp³-hybridized carbons (Fsp3) is 0.667. The summed E-state index contributed by atoms with van der Waals surface area (Å²) < 4.78 is 11.8. The highest BCUT2D eigenvalue weighted by Crippen LogP contribution is 2.34. The molecule has 1 aromatic carbocycles. The van der Waals surface area contributed by atoms with Crippen LogP contribution in [0.3, 0.4) is 0 Å². The molecule has 1 saturated heterocycles. The van der Waals surface area contributed by atoms with Gasteiger partial charge >= 0.3 is 0 Å². The van der Waals surface area contributed by atoms with E-state index in [-0.39, 0.29) is 12.2 Å². The van der Waals surface area contributed by atoms with Crippen LogP contribution in [0.25, 0.3) is 0 Å². The smallest absolute Gasteiger partial charge is 0.163 e. The van der Waals surface area contributed by atoms with Gasteiger partial charge < -0.3 is 25.4 Å². The SMILES string of the molecule is CC(C)Oc1cc(N)c(CCN2CCNCC2)cc1OC(C)C. The molecule has 1 aliphatic heterocycles. The lowest BCUT2D eigenvalue weighted by molar-refractivity contribution is 0.198. The molecule has 0 radical (unpaired) electrons. The van der Waals surface area contributed by atoms with E-state index in [1.165, 1.54) is 0 Å². The molecule has 5 heteroatoms. The first kappa shape index (κ1) is 17.9. The minimum atomic E-state index is 0.0932. The average molecular weight is 321 g/mol. The number of nitrogens with zero attached hydrogens (tertiary/aromatic N) is 1. The molecule has 0 amide bonds. The predicted octanol–water partition coefficient (Wildman–Crippen LogP) is 2.29. The Kier molecular flexibility index (Phi) is 6.54. The summed E-state index contributed by atoms with van der Waals surface area (Å²) in [7, 11) is 0. The summed E-state index contributed by atoms with van der Waals surface area (Å²) in [5.74, 6) is 1.52. The molecule has 23 heavy (non-hydrogen) atoms. The van der Waals surface area contributed by atoms with Gasteiger partial charge in [0.05, 0.1) is 12.2 Å². The first-order valence-electron chi connectivity index (χ1n) is 8.64. The van der Waals surface area contributed by atoms with E-state index in [9.17, 15) is 0 Å². The van der Waals surface area contributed by atoms with Crippen molar-refractivity contribution in [3.8, 4) is 11.5 Å². The van der Waals surface area contributed by atoms with Crippen LogP contribution in [0.2, 0.25) is 0 Å². The maximum atomic E-state index is 6.25. The topological polar surface area (TPSA) is 59.8 Å². The Bertz CT molecular complexity index is 497. The Balaban J connectivity index is 2.11. The van der Waals surface area contributed by atoms with Gasteiger partial charge in [-0.3, -0.25) is 0 Å². The van der Waals surface area contributed by atoms with E-state index in [4.69, 9.17) is 15.2 Å². The van der Waals surface area contributed by atoms with Gasteiger partial charge in [0.25, 0.3) is 0 Å². The lowest BCUT2D eigenvalue weighted by atomic mass is 10.1. The standard InChI is InChI=1S/C18H31N3O2/c1-13(2)22-17-11-15(5-8-21-9-6-20-7-10-21)16(19)12-18(17)23-14(3)4/h11-14,20H,5-10,19H2,1-4H3. The van der Waals surface area contributed by atoms with Gasteiger partial charge in [-0.2, -0.15) is 0 Å². The summed E-state index contributed by atoms with van der Waals surface area (Å²) in [6.45, 7) is 13.4. The number of benzene rings is 1. The fourth-order valence-electron chi connectivity index (χ4n) is 2.74. The number of piperazine rings is 1. The zero-order valence-electron chi connectivity index (χ0n) is 14.9. The van der Waals surface area contributed by atoms with Crippen molar-refractivity contribution < 1.29 is 9.47 Å². The van der Waals surface area contributed by atoms with Gasteiger partial charge in [0.15, 0.2) is 11.5 Å². The van der Waals surface area contributed by atoms with Crippen LogP contribution in [0.15, 0.2) is 12.1 Å². The molecule has 130 valence electrons. The molecule has 0 spiro atoms. The second-order valence-electron chi connectivity index (χ2n) is 6.67. The third-order valence-electron chi connectivity index (χ3n) is 3.84. The van der Waals surface area contributed by atoms with Crippen molar-refractivity contribution in [1.29, 1.82) is 0 Å². The number of nitrogens with one attached hydrogen (secondary N) is 1. The van der Waals surface area contributed by atoms with Gasteiger partial charge in [0.2, 0.25) is 0 Å². The Morgan fingerprint density at radius 1 is 1.04 bits per heavy atom. The monoisotopic (exact) mass is 321 g/mol. The average Bonchev–Trinajstić information content (AvgIpc) is 2.48. The molecular weight excluding hydrogens is 290 g/mol. The predicted molar refractivity (Wildman–Crippen MR) is 95.4 cm³/mol. The van der Waals surface area contributed by atoms with E-state index < -0.39 is 0 Å². The Labute approximate surface area is 140 Å². The van der Waals surface area contributed by atoms with Crippen LogP contribution in [-0.2, 0) is 6.42 Å². The van der Waals surface area contributed by atoms with Crippen LogP contribution in [0.4, 0.5) is 5.69 Å². The largest absolute Gasteiger partial charge is 0.487 e. The van der Waals surface area contributed by atoms with Gasteiger partial charge in [0, 0.05) is 44.5 Å². The lowest BCUT2D eigenvalue weighted by Gasteiger charge is -2.27. The van der Waals surface area contributed by atoms with Crippen molar-refractivity contribution in [2.45, 2.75) is 46.3 Å². The van der Waals surface area contributed by atoms with Gasteiger partial charge in [0.1, 0.15) is 0 Å². The summed E-state index contributed by atoms with van der Waals surface area (Å²) in [5.41, 5.74) is 8.16. The molecule has 5 nitrogen and oxygen atoms in total. The molecule has 0 aliphatic carbocycles. The number of hydrogen-bond donors (Lipinski definition) is 2. The highest BCUT2D eigenvalue weighted by Gasteiger charge is 2.15. The number of nitrogens with two attached hydrogens (primary N) is 1. The molecule has 3 N–H and O–H groups in total. The maximum Gasteiger partial charge on any atom is 0.163 e. The fourth-order valence-corrected chi connectivity index (χ4v) is 2.74. The molecule has 1 heterocycles. The molecule has 1 aromatic rings. The molecule has 2 rings (SSSR count). The van der Waals surface area contributed by atoms with Crippen molar-refractivity contribution in [1.82, 2.24) is 10.2 Å². The van der Waals surface area contributed by atoms with E-state index in [0.29, 0.717) is 0 Å². The lowest BCUT2D eigenvalue weighted by Crippen LogP contribution is -2.44. The molecule has 0 saturated carbocycles. The zero-order chi connectivity index (χ0) is 16.8. The van der Waals surface area contributed by atoms with Crippen molar-refractivity contribution in [3.05, 3.63) is 17.7 Å². The van der Waals surface area contributed by atoms with Crippen LogP contribution in [0, 0.1) is 0 Å². The molecule has 0 atom stereocenters. The molecular formula is C18H31N3O2. The summed E-state index contributed by atoms with van der Waals surface area (Å²) in [6.07, 6.45) is 1.13. The third kappa shape index (κ3) is 5.59. The normalized spacial score (nSPS) is 16.1. The third-order valence-corrected chi connectivity index (χ3v) is 3.84. The van der Waals surface area contributed by atoms with Crippen LogP contribution in [-0.4, -0.2) is 49.8 Å². The number of nitrogen functional groups attached to an aromatic ring is 1. The number of anilines is 1. The molecule has 0 unspecified atom stereocenters. The summed E-state index contributed by atoms with van der Waals surface area (Å²) >= 11 is 0. The van der Waals surface area contributed by atoms with Crippen molar-refractivity contribution >= 4 is 5.69 Å². The maximum absolute atomic E-state index is 6.25. The zero-order valence-corrected chi connectivity index (χ0v) is 14.9. The number of hydrogen-bond acceptors (Lipinski definition) is 5. The van der Waals surface area contributed by atoms with E-state index in [0.717, 1.165) is 61.9 Å². The highest BCUT2D eigenvalue weighted by molar-refractivity contribution is 5.58. The van der Waals surface area contributed by atoms with E-state index >= 15 is 0 Å². The van der Waals surface area contributed by atoms with Gasteiger partial charge in [-0.05, 0) is 45.7 Å². The first-order valence-corrected chi connectivity index (χ1v) is 8.64. The van der Waals surface area contributed by atoms with Gasteiger partial charge in [-0.15, -0.1) is 0 Å². The molecule has 0 bridgehead atoms. The summed E-state index contributed by atoms with van der Waals surface area (Å²) in [4.78, 5) is 2.47. The van der Waals surface area contributed by atoms with Crippen LogP contribution in [0.5, 0.6) is 11.5 Å². The Morgan fingerprint density at radius 3 is 2.17 bits per heavy atom. The highest BCUT2D eigenvalue weighted by atomic mass is 16.5. The second-order valence-corrected chi connectivity index (χ2v) is 6.67. The number of rotatable bonds is 7. The summed E-state index contributed by atoms with van der Waals surface area (Å²) in [5, 5.41) is 3.38. The van der Waals surface area contributed by atoms with Crippen molar-refractivity contribution in [2.75, 3.05) is 38.5 Å². The van der Waals surface area contributed by atoms with Crippen molar-refractivity contribution in [2.24, 2.45) is 0 Å². The van der Waals surface area contributed by atoms with E-state index in [2.05, 4.69) is 16.3 Å². The van der Waals surface area contributed by atoms with E-state index in [1.807, 2.05) is 33.8 Å². The van der Waals surface area contributed by atoms with E-state index in [1.54, 1.807) is 0 Å². The van der Waals surface area contributed by atoms with Crippen LogP contribution < -0.4 is 20.5 Å². The van der Waals surface area contributed by atoms with Crippen LogP contribution in [0.1, 0.15) is 33.3 Å². The quantitative estimate of drug-likeness (QED) is 0.755.